The standard InChI is InChI=1S/C26H20N6OS/c33-23(29-28-17-21-12-7-11-19-13-8-16-27-24(19)21)18-34-26-31-30-25(20-9-3-1-4-10-20)32(26)22-14-5-2-6-15-22/h1-17H,18H2,(H,29,33)/b28-17-. The fourth-order valence-electron chi connectivity index (χ4n) is 3.52. The first kappa shape index (κ1) is 21.5. The van der Waals surface area contributed by atoms with E-state index in [0.717, 1.165) is 33.5 Å². The van der Waals surface area contributed by atoms with Gasteiger partial charge in [0.05, 0.1) is 17.5 Å². The van der Waals surface area contributed by atoms with Crippen LogP contribution in [0.3, 0.4) is 0 Å². The van der Waals surface area contributed by atoms with Gasteiger partial charge >= 0.3 is 0 Å². The number of carbonyl (C=O) groups excluding carboxylic acids is 1. The number of amides is 1. The van der Waals surface area contributed by atoms with E-state index in [0.29, 0.717) is 5.16 Å². The van der Waals surface area contributed by atoms with Crippen LogP contribution in [-0.4, -0.2) is 37.6 Å². The minimum Gasteiger partial charge on any atom is -0.272 e. The van der Waals surface area contributed by atoms with Gasteiger partial charge in [-0.3, -0.25) is 14.3 Å². The fraction of sp³-hybridized carbons (Fsp3) is 0.0385. The molecular weight excluding hydrogens is 444 g/mol. The Kier molecular flexibility index (Phi) is 6.40. The third-order valence-electron chi connectivity index (χ3n) is 5.07. The number of benzene rings is 3. The summed E-state index contributed by atoms with van der Waals surface area (Å²) in [5, 5.41) is 14.5. The number of hydrogen-bond donors (Lipinski definition) is 1. The number of fused-ring (bicyclic) bond motifs is 1. The molecule has 0 atom stereocenters. The van der Waals surface area contributed by atoms with Crippen LogP contribution in [0.1, 0.15) is 5.56 Å². The Labute approximate surface area is 200 Å². The van der Waals surface area contributed by atoms with Crippen LogP contribution in [0.2, 0.25) is 0 Å². The highest BCUT2D eigenvalue weighted by molar-refractivity contribution is 7.99. The summed E-state index contributed by atoms with van der Waals surface area (Å²) in [6.07, 6.45) is 3.35. The van der Waals surface area contributed by atoms with Crippen molar-refractivity contribution in [1.82, 2.24) is 25.2 Å². The molecule has 1 amide bonds. The van der Waals surface area contributed by atoms with E-state index in [4.69, 9.17) is 0 Å². The molecule has 0 radical (unpaired) electrons. The highest BCUT2D eigenvalue weighted by atomic mass is 32.2. The molecular formula is C26H20N6OS. The van der Waals surface area contributed by atoms with Gasteiger partial charge in [-0.15, -0.1) is 10.2 Å². The molecule has 0 aliphatic rings. The van der Waals surface area contributed by atoms with Crippen LogP contribution < -0.4 is 5.43 Å². The van der Waals surface area contributed by atoms with Gasteiger partial charge in [-0.1, -0.05) is 84.6 Å². The number of nitrogens with one attached hydrogen (secondary N) is 1. The van der Waals surface area contributed by atoms with Crippen molar-refractivity contribution >= 4 is 34.8 Å². The molecule has 0 unspecified atom stereocenters. The van der Waals surface area contributed by atoms with Crippen molar-refractivity contribution in [3.8, 4) is 17.1 Å². The number of pyridine rings is 1. The number of carbonyl (C=O) groups is 1. The molecule has 7 nitrogen and oxygen atoms in total. The van der Waals surface area contributed by atoms with Gasteiger partial charge in [0.15, 0.2) is 11.0 Å². The summed E-state index contributed by atoms with van der Waals surface area (Å²) in [7, 11) is 0. The van der Waals surface area contributed by atoms with Gasteiger partial charge in [-0.25, -0.2) is 5.43 Å². The molecule has 166 valence electrons. The Morgan fingerprint density at radius 2 is 1.68 bits per heavy atom. The van der Waals surface area contributed by atoms with E-state index >= 15 is 0 Å². The third kappa shape index (κ3) is 4.72. The summed E-state index contributed by atoms with van der Waals surface area (Å²) >= 11 is 1.31. The molecule has 0 aliphatic heterocycles. The molecule has 5 rings (SSSR count). The third-order valence-corrected chi connectivity index (χ3v) is 6.00. The smallest absolute Gasteiger partial charge is 0.250 e. The van der Waals surface area contributed by atoms with Gasteiger partial charge in [0.2, 0.25) is 0 Å². The second-order valence-corrected chi connectivity index (χ2v) is 8.29. The Balaban J connectivity index is 1.31. The summed E-state index contributed by atoms with van der Waals surface area (Å²) in [6.45, 7) is 0. The number of hydrazone groups is 1. The zero-order valence-electron chi connectivity index (χ0n) is 18.1. The van der Waals surface area contributed by atoms with Crippen LogP contribution >= 0.6 is 11.8 Å². The average molecular weight is 465 g/mol. The molecule has 2 heterocycles. The number of rotatable bonds is 7. The molecule has 0 saturated heterocycles. The molecule has 3 aromatic carbocycles. The van der Waals surface area contributed by atoms with Crippen molar-refractivity contribution < 1.29 is 4.79 Å². The lowest BCUT2D eigenvalue weighted by Gasteiger charge is -2.10. The topological polar surface area (TPSA) is 85.1 Å². The minimum atomic E-state index is -0.238. The molecule has 0 spiro atoms. The maximum absolute atomic E-state index is 12.5. The van der Waals surface area contributed by atoms with E-state index < -0.39 is 0 Å². The maximum atomic E-state index is 12.5. The minimum absolute atomic E-state index is 0.144. The molecule has 5 aromatic rings. The number of para-hydroxylation sites is 2. The first-order valence-electron chi connectivity index (χ1n) is 10.6. The Bertz CT molecular complexity index is 1450. The van der Waals surface area contributed by atoms with Gasteiger partial charge in [0, 0.05) is 28.4 Å². The van der Waals surface area contributed by atoms with Crippen molar-refractivity contribution in [2.24, 2.45) is 5.10 Å². The summed E-state index contributed by atoms with van der Waals surface area (Å²) in [5.41, 5.74) is 6.13. The normalized spacial score (nSPS) is 11.2. The molecule has 0 aliphatic carbocycles. The first-order valence-corrected chi connectivity index (χ1v) is 11.6. The summed E-state index contributed by atoms with van der Waals surface area (Å²) < 4.78 is 1.96. The number of hydrogen-bond acceptors (Lipinski definition) is 6. The SMILES string of the molecule is O=C(CSc1nnc(-c2ccccc2)n1-c1ccccc1)N/N=C\c1cccc2cccnc12. The monoisotopic (exact) mass is 464 g/mol. The molecule has 0 fully saturated rings. The predicted molar refractivity (Wildman–Crippen MR) is 135 cm³/mol. The lowest BCUT2D eigenvalue weighted by atomic mass is 10.1. The molecule has 34 heavy (non-hydrogen) atoms. The van der Waals surface area contributed by atoms with Crippen LogP contribution in [0.15, 0.2) is 107 Å². The summed E-state index contributed by atoms with van der Waals surface area (Å²) in [4.78, 5) is 16.9. The Morgan fingerprint density at radius 3 is 2.50 bits per heavy atom. The van der Waals surface area contributed by atoms with Crippen LogP contribution in [-0.2, 0) is 4.79 Å². The quantitative estimate of drug-likeness (QED) is 0.214. The second kappa shape index (κ2) is 10.1. The van der Waals surface area contributed by atoms with Crippen LogP contribution in [0.5, 0.6) is 0 Å². The van der Waals surface area contributed by atoms with E-state index in [1.165, 1.54) is 11.8 Å². The number of thioether (sulfide) groups is 1. The zero-order chi connectivity index (χ0) is 23.2. The van der Waals surface area contributed by atoms with E-state index in [9.17, 15) is 4.79 Å². The van der Waals surface area contributed by atoms with Crippen LogP contribution in [0.4, 0.5) is 0 Å². The van der Waals surface area contributed by atoms with E-state index in [1.807, 2.05) is 95.6 Å². The van der Waals surface area contributed by atoms with Crippen molar-refractivity contribution in [3.05, 3.63) is 103 Å². The van der Waals surface area contributed by atoms with Crippen molar-refractivity contribution in [2.75, 3.05) is 5.75 Å². The van der Waals surface area contributed by atoms with Gasteiger partial charge in [0.25, 0.3) is 5.91 Å². The average Bonchev–Trinajstić information content (AvgIpc) is 3.33. The van der Waals surface area contributed by atoms with Crippen molar-refractivity contribution in [2.45, 2.75) is 5.16 Å². The first-order chi connectivity index (χ1) is 16.8. The molecule has 8 heteroatoms. The lowest BCUT2D eigenvalue weighted by Crippen LogP contribution is -2.20. The van der Waals surface area contributed by atoms with Crippen molar-refractivity contribution in [3.63, 3.8) is 0 Å². The Hall–Kier alpha value is -4.30. The molecule has 2 aromatic heterocycles. The number of nitrogens with zero attached hydrogens (tertiary/aromatic N) is 5. The lowest BCUT2D eigenvalue weighted by molar-refractivity contribution is -0.118. The highest BCUT2D eigenvalue weighted by Crippen LogP contribution is 2.27. The van der Waals surface area contributed by atoms with E-state index in [1.54, 1.807) is 12.4 Å². The summed E-state index contributed by atoms with van der Waals surface area (Å²) in [5.74, 6) is 0.625. The second-order valence-electron chi connectivity index (χ2n) is 7.35. The molecule has 1 N–H and O–H groups in total. The van der Waals surface area contributed by atoms with Crippen LogP contribution in [0, 0.1) is 0 Å². The number of aromatic nitrogens is 4. The molecule has 0 bridgehead atoms. The van der Waals surface area contributed by atoms with Gasteiger partial charge in [-0.2, -0.15) is 5.10 Å². The maximum Gasteiger partial charge on any atom is 0.250 e. The largest absolute Gasteiger partial charge is 0.272 e. The van der Waals surface area contributed by atoms with Gasteiger partial charge < -0.3 is 0 Å². The fourth-order valence-corrected chi connectivity index (χ4v) is 4.26. The van der Waals surface area contributed by atoms with Gasteiger partial charge in [-0.05, 0) is 18.2 Å². The Morgan fingerprint density at radius 1 is 0.912 bits per heavy atom. The van der Waals surface area contributed by atoms with Gasteiger partial charge in [0.1, 0.15) is 0 Å². The van der Waals surface area contributed by atoms with E-state index in [2.05, 4.69) is 25.7 Å². The summed E-state index contributed by atoms with van der Waals surface area (Å²) in [6, 6.07) is 29.4. The van der Waals surface area contributed by atoms with Crippen molar-refractivity contribution in [1.29, 1.82) is 0 Å². The zero-order valence-corrected chi connectivity index (χ0v) is 18.9. The molecule has 0 saturated carbocycles. The van der Waals surface area contributed by atoms with Crippen LogP contribution in [0.25, 0.3) is 28.0 Å². The predicted octanol–water partition coefficient (Wildman–Crippen LogP) is 4.72. The van der Waals surface area contributed by atoms with E-state index in [-0.39, 0.29) is 11.7 Å². The highest BCUT2D eigenvalue weighted by Gasteiger charge is 2.17.